The Labute approximate surface area is 116 Å². The number of nitrogens with two attached hydrogens (primary N) is 1. The summed E-state index contributed by atoms with van der Waals surface area (Å²) in [6, 6.07) is 8.67. The fraction of sp³-hybridized carbons (Fsp3) is 0.214. The van der Waals surface area contributed by atoms with Crippen LogP contribution in [0.25, 0.3) is 0 Å². The first-order valence-corrected chi connectivity index (χ1v) is 6.30. The minimum absolute atomic E-state index is 0.177. The standard InChI is InChI=1S/C14H15N5O/c1-2-4-11-12(16)13(19-18-11)14(20)17-10-6-3-5-9(7-10)8-15/h3,5-7H,2,4,16H2,1H3,(H,17,20)(H,18,19). The van der Waals surface area contributed by atoms with Crippen LogP contribution in [-0.2, 0) is 6.42 Å². The fourth-order valence-corrected chi connectivity index (χ4v) is 1.86. The molecule has 0 saturated carbocycles. The van der Waals surface area contributed by atoms with Crippen LogP contribution in [0.5, 0.6) is 0 Å². The molecule has 1 aromatic heterocycles. The number of hydrogen-bond donors (Lipinski definition) is 3. The smallest absolute Gasteiger partial charge is 0.278 e. The first-order valence-electron chi connectivity index (χ1n) is 6.30. The van der Waals surface area contributed by atoms with Gasteiger partial charge < -0.3 is 11.1 Å². The van der Waals surface area contributed by atoms with Crippen molar-refractivity contribution in [1.29, 1.82) is 5.26 Å². The number of H-pyrrole nitrogens is 1. The molecule has 1 heterocycles. The molecule has 1 aromatic carbocycles. The van der Waals surface area contributed by atoms with Crippen LogP contribution in [0.15, 0.2) is 24.3 Å². The van der Waals surface area contributed by atoms with E-state index in [-0.39, 0.29) is 5.69 Å². The number of nitrogens with zero attached hydrogens (tertiary/aromatic N) is 2. The van der Waals surface area contributed by atoms with E-state index in [0.29, 0.717) is 16.9 Å². The number of benzene rings is 1. The molecular formula is C14H15N5O. The van der Waals surface area contributed by atoms with Gasteiger partial charge in [0.05, 0.1) is 23.0 Å². The first-order chi connectivity index (χ1) is 9.65. The molecule has 0 aliphatic rings. The zero-order chi connectivity index (χ0) is 14.5. The summed E-state index contributed by atoms with van der Waals surface area (Å²) in [5.74, 6) is -0.392. The highest BCUT2D eigenvalue weighted by molar-refractivity contribution is 6.06. The van der Waals surface area contributed by atoms with E-state index in [1.165, 1.54) is 0 Å². The molecule has 0 spiro atoms. The summed E-state index contributed by atoms with van der Waals surface area (Å²) in [6.45, 7) is 2.02. The summed E-state index contributed by atoms with van der Waals surface area (Å²) in [6.07, 6.45) is 1.66. The van der Waals surface area contributed by atoms with Gasteiger partial charge in [-0.1, -0.05) is 19.4 Å². The van der Waals surface area contributed by atoms with Gasteiger partial charge in [0, 0.05) is 5.69 Å². The van der Waals surface area contributed by atoms with Gasteiger partial charge in [0.1, 0.15) is 0 Å². The second kappa shape index (κ2) is 5.89. The molecule has 0 saturated heterocycles. The zero-order valence-corrected chi connectivity index (χ0v) is 11.1. The Morgan fingerprint density at radius 2 is 2.35 bits per heavy atom. The van der Waals surface area contributed by atoms with Crippen molar-refractivity contribution in [3.8, 4) is 6.07 Å². The van der Waals surface area contributed by atoms with Crippen molar-refractivity contribution in [3.63, 3.8) is 0 Å². The van der Waals surface area contributed by atoms with Gasteiger partial charge in [0.2, 0.25) is 0 Å². The predicted molar refractivity (Wildman–Crippen MR) is 76.1 cm³/mol. The average Bonchev–Trinajstić information content (AvgIpc) is 2.81. The zero-order valence-electron chi connectivity index (χ0n) is 11.1. The number of anilines is 2. The van der Waals surface area contributed by atoms with Crippen LogP contribution in [0, 0.1) is 11.3 Å². The van der Waals surface area contributed by atoms with Crippen LogP contribution in [-0.4, -0.2) is 16.1 Å². The molecule has 0 fully saturated rings. The van der Waals surface area contributed by atoms with Crippen molar-refractivity contribution in [2.75, 3.05) is 11.1 Å². The van der Waals surface area contributed by atoms with Gasteiger partial charge >= 0.3 is 0 Å². The SMILES string of the molecule is CCCc1[nH]nc(C(=O)Nc2cccc(C#N)c2)c1N. The normalized spacial score (nSPS) is 10.0. The second-order valence-electron chi connectivity index (χ2n) is 4.36. The van der Waals surface area contributed by atoms with Gasteiger partial charge in [-0.2, -0.15) is 10.4 Å². The van der Waals surface area contributed by atoms with Crippen molar-refractivity contribution in [1.82, 2.24) is 10.2 Å². The number of rotatable bonds is 4. The van der Waals surface area contributed by atoms with Gasteiger partial charge in [-0.15, -0.1) is 0 Å². The topological polar surface area (TPSA) is 108 Å². The minimum atomic E-state index is -0.392. The van der Waals surface area contributed by atoms with Crippen molar-refractivity contribution in [2.24, 2.45) is 0 Å². The van der Waals surface area contributed by atoms with E-state index < -0.39 is 5.91 Å². The lowest BCUT2D eigenvalue weighted by Gasteiger charge is -2.04. The third kappa shape index (κ3) is 2.78. The third-order valence-corrected chi connectivity index (χ3v) is 2.85. The van der Waals surface area contributed by atoms with Crippen molar-refractivity contribution < 1.29 is 4.79 Å². The number of amides is 1. The van der Waals surface area contributed by atoms with Crippen molar-refractivity contribution in [3.05, 3.63) is 41.2 Å². The van der Waals surface area contributed by atoms with E-state index in [9.17, 15) is 4.79 Å². The molecule has 0 bridgehead atoms. The van der Waals surface area contributed by atoms with E-state index in [2.05, 4.69) is 15.5 Å². The van der Waals surface area contributed by atoms with Crippen LogP contribution in [0.3, 0.4) is 0 Å². The Morgan fingerprint density at radius 3 is 3.05 bits per heavy atom. The molecule has 6 nitrogen and oxygen atoms in total. The summed E-state index contributed by atoms with van der Waals surface area (Å²) < 4.78 is 0. The average molecular weight is 269 g/mol. The van der Waals surface area contributed by atoms with E-state index >= 15 is 0 Å². The molecule has 0 radical (unpaired) electrons. The third-order valence-electron chi connectivity index (χ3n) is 2.85. The Morgan fingerprint density at radius 1 is 1.55 bits per heavy atom. The molecule has 1 amide bonds. The van der Waals surface area contributed by atoms with E-state index in [0.717, 1.165) is 18.5 Å². The maximum atomic E-state index is 12.1. The van der Waals surface area contributed by atoms with Gasteiger partial charge in [-0.3, -0.25) is 9.89 Å². The molecule has 102 valence electrons. The molecule has 2 rings (SSSR count). The van der Waals surface area contributed by atoms with Crippen LogP contribution in [0.4, 0.5) is 11.4 Å². The Bertz CT molecular complexity index is 668. The predicted octanol–water partition coefficient (Wildman–Crippen LogP) is 2.07. The highest BCUT2D eigenvalue weighted by atomic mass is 16.2. The molecular weight excluding hydrogens is 254 g/mol. The highest BCUT2D eigenvalue weighted by Gasteiger charge is 2.16. The lowest BCUT2D eigenvalue weighted by atomic mass is 10.2. The Balaban J connectivity index is 2.18. The number of nitrogens with one attached hydrogen (secondary N) is 2. The maximum absolute atomic E-state index is 12.1. The van der Waals surface area contributed by atoms with Crippen LogP contribution in [0.1, 0.15) is 35.1 Å². The van der Waals surface area contributed by atoms with Gasteiger partial charge in [0.15, 0.2) is 5.69 Å². The maximum Gasteiger partial charge on any atom is 0.278 e. The molecule has 0 unspecified atom stereocenters. The number of hydrogen-bond acceptors (Lipinski definition) is 4. The number of nitrogen functional groups attached to an aromatic ring is 1. The number of aryl methyl sites for hydroxylation is 1. The summed E-state index contributed by atoms with van der Waals surface area (Å²) >= 11 is 0. The molecule has 2 aromatic rings. The summed E-state index contributed by atoms with van der Waals surface area (Å²) in [5, 5.41) is 18.2. The number of carbonyl (C=O) groups excluding carboxylic acids is 1. The number of aromatic amines is 1. The number of nitriles is 1. The number of aromatic nitrogens is 2. The van der Waals surface area contributed by atoms with Gasteiger partial charge in [-0.25, -0.2) is 0 Å². The fourth-order valence-electron chi connectivity index (χ4n) is 1.86. The van der Waals surface area contributed by atoms with Crippen LogP contribution in [0.2, 0.25) is 0 Å². The van der Waals surface area contributed by atoms with Crippen LogP contribution < -0.4 is 11.1 Å². The summed E-state index contributed by atoms with van der Waals surface area (Å²) in [7, 11) is 0. The lowest BCUT2D eigenvalue weighted by Crippen LogP contribution is -2.14. The van der Waals surface area contributed by atoms with E-state index in [1.54, 1.807) is 24.3 Å². The molecule has 4 N–H and O–H groups in total. The molecule has 6 heteroatoms. The van der Waals surface area contributed by atoms with Crippen molar-refractivity contribution >= 4 is 17.3 Å². The Hall–Kier alpha value is -2.81. The summed E-state index contributed by atoms with van der Waals surface area (Å²) in [4.78, 5) is 12.1. The molecule has 0 atom stereocenters. The molecule has 20 heavy (non-hydrogen) atoms. The van der Waals surface area contributed by atoms with Gasteiger partial charge in [0.25, 0.3) is 5.91 Å². The lowest BCUT2D eigenvalue weighted by molar-refractivity contribution is 0.102. The monoisotopic (exact) mass is 269 g/mol. The quantitative estimate of drug-likeness (QED) is 0.789. The largest absolute Gasteiger partial charge is 0.395 e. The second-order valence-corrected chi connectivity index (χ2v) is 4.36. The van der Waals surface area contributed by atoms with Crippen molar-refractivity contribution in [2.45, 2.75) is 19.8 Å². The first kappa shape index (κ1) is 13.6. The molecule has 0 aliphatic carbocycles. The van der Waals surface area contributed by atoms with Crippen LogP contribution >= 0.6 is 0 Å². The van der Waals surface area contributed by atoms with E-state index in [1.807, 2.05) is 13.0 Å². The summed E-state index contributed by atoms with van der Waals surface area (Å²) in [5.41, 5.74) is 8.22. The highest BCUT2D eigenvalue weighted by Crippen LogP contribution is 2.18. The minimum Gasteiger partial charge on any atom is -0.395 e. The number of carbonyl (C=O) groups is 1. The molecule has 0 aliphatic heterocycles. The van der Waals surface area contributed by atoms with E-state index in [4.69, 9.17) is 11.0 Å². The van der Waals surface area contributed by atoms with Gasteiger partial charge in [-0.05, 0) is 24.6 Å². The Kier molecular flexibility index (Phi) is 4.01.